The Hall–Kier alpha value is -1.99. The number of thiol groups is 1. The van der Waals surface area contributed by atoms with Crippen molar-refractivity contribution in [2.24, 2.45) is 11.5 Å². The van der Waals surface area contributed by atoms with E-state index in [2.05, 4.69) is 23.3 Å². The van der Waals surface area contributed by atoms with Crippen LogP contribution in [0.5, 0.6) is 0 Å². The van der Waals surface area contributed by atoms with Crippen molar-refractivity contribution in [3.05, 3.63) is 0 Å². The Morgan fingerprint density at radius 3 is 2.43 bits per heavy atom. The first-order chi connectivity index (χ1) is 14.1. The summed E-state index contributed by atoms with van der Waals surface area (Å²) in [5.74, 6) is -3.21. The number of carbonyl (C=O) groups excluding carboxylic acids is 4. The monoisotopic (exact) mass is 463 g/mol. The highest BCUT2D eigenvalue weighted by atomic mass is 32.2. The summed E-state index contributed by atoms with van der Waals surface area (Å²) in [6.45, 7) is 0.286. The molecule has 1 rings (SSSR count). The molecule has 1 fully saturated rings. The van der Waals surface area contributed by atoms with E-state index >= 15 is 0 Å². The van der Waals surface area contributed by atoms with Gasteiger partial charge in [0.15, 0.2) is 0 Å². The molecule has 4 atom stereocenters. The van der Waals surface area contributed by atoms with Gasteiger partial charge in [-0.05, 0) is 31.3 Å². The van der Waals surface area contributed by atoms with Gasteiger partial charge < -0.3 is 32.1 Å². The number of primary amides is 1. The number of amides is 4. The SMILES string of the molecule is CSCCC(NC(=O)C(N)CS)C(=O)N1CCCC1C(=O)NC(CC(N)=O)C(=O)O. The lowest BCUT2D eigenvalue weighted by Gasteiger charge is -2.29. The van der Waals surface area contributed by atoms with E-state index in [4.69, 9.17) is 11.5 Å². The molecule has 170 valence electrons. The van der Waals surface area contributed by atoms with Gasteiger partial charge in [-0.3, -0.25) is 19.2 Å². The molecule has 1 aliphatic rings. The number of hydrogen-bond acceptors (Lipinski definition) is 8. The van der Waals surface area contributed by atoms with E-state index in [9.17, 15) is 29.1 Å². The number of likely N-dealkylation sites (tertiary alicyclic amines) is 1. The standard InChI is InChI=1S/C17H29N5O6S2/c1-30-6-4-10(20-14(24)9(18)8-29)16(26)22-5-2-3-12(22)15(25)21-11(17(27)28)7-13(19)23/h9-12,29H,2-8,18H2,1H3,(H2,19,23)(H,20,24)(H,21,25)(H,27,28). The molecule has 0 spiro atoms. The number of nitrogens with one attached hydrogen (secondary N) is 2. The molecular weight excluding hydrogens is 434 g/mol. The summed E-state index contributed by atoms with van der Waals surface area (Å²) in [4.78, 5) is 61.5. The fraction of sp³-hybridized carbons (Fsp3) is 0.706. The zero-order chi connectivity index (χ0) is 22.8. The normalized spacial score (nSPS) is 18.9. The third-order valence-corrected chi connectivity index (χ3v) is 5.65. The van der Waals surface area contributed by atoms with Crippen LogP contribution < -0.4 is 22.1 Å². The molecular formula is C17H29N5O6S2. The first-order valence-corrected chi connectivity index (χ1v) is 11.4. The fourth-order valence-corrected chi connectivity index (χ4v) is 3.66. The number of rotatable bonds is 12. The molecule has 0 bridgehead atoms. The Kier molecular flexibility index (Phi) is 11.0. The molecule has 1 aliphatic heterocycles. The summed E-state index contributed by atoms with van der Waals surface area (Å²) >= 11 is 5.48. The van der Waals surface area contributed by atoms with E-state index in [1.54, 1.807) is 0 Å². The summed E-state index contributed by atoms with van der Waals surface area (Å²) in [6, 6.07) is -4.13. The number of nitrogens with zero attached hydrogens (tertiary/aromatic N) is 1. The number of carboxylic acid groups (broad SMARTS) is 1. The van der Waals surface area contributed by atoms with Gasteiger partial charge in [0.25, 0.3) is 0 Å². The van der Waals surface area contributed by atoms with Crippen LogP contribution in [0.4, 0.5) is 0 Å². The van der Waals surface area contributed by atoms with Gasteiger partial charge in [-0.2, -0.15) is 24.4 Å². The van der Waals surface area contributed by atoms with Crippen LogP contribution >= 0.6 is 24.4 Å². The van der Waals surface area contributed by atoms with Gasteiger partial charge in [-0.15, -0.1) is 0 Å². The Labute approximate surface area is 184 Å². The minimum Gasteiger partial charge on any atom is -0.480 e. The van der Waals surface area contributed by atoms with Crippen LogP contribution in [-0.2, 0) is 24.0 Å². The van der Waals surface area contributed by atoms with Gasteiger partial charge in [0.1, 0.15) is 18.1 Å². The summed E-state index contributed by atoms with van der Waals surface area (Å²) in [7, 11) is 0. The molecule has 4 amide bonds. The average Bonchev–Trinajstić information content (AvgIpc) is 3.18. The molecule has 7 N–H and O–H groups in total. The first kappa shape index (κ1) is 26.0. The third kappa shape index (κ3) is 7.69. The second-order valence-electron chi connectivity index (χ2n) is 6.89. The summed E-state index contributed by atoms with van der Waals surface area (Å²) in [5, 5.41) is 14.1. The zero-order valence-corrected chi connectivity index (χ0v) is 18.4. The van der Waals surface area contributed by atoms with Crippen LogP contribution in [0, 0.1) is 0 Å². The summed E-state index contributed by atoms with van der Waals surface area (Å²) in [5.41, 5.74) is 10.7. The zero-order valence-electron chi connectivity index (χ0n) is 16.7. The van der Waals surface area contributed by atoms with Crippen molar-refractivity contribution < 1.29 is 29.1 Å². The van der Waals surface area contributed by atoms with E-state index < -0.39 is 60.2 Å². The van der Waals surface area contributed by atoms with Crippen LogP contribution in [0.1, 0.15) is 25.7 Å². The van der Waals surface area contributed by atoms with Gasteiger partial charge in [0.05, 0.1) is 12.5 Å². The van der Waals surface area contributed by atoms with Crippen molar-refractivity contribution in [2.75, 3.05) is 24.3 Å². The number of hydrogen-bond donors (Lipinski definition) is 6. The highest BCUT2D eigenvalue weighted by Crippen LogP contribution is 2.20. The number of nitrogens with two attached hydrogens (primary N) is 2. The molecule has 1 saturated heterocycles. The van der Waals surface area contributed by atoms with Crippen molar-refractivity contribution in [1.29, 1.82) is 0 Å². The van der Waals surface area contributed by atoms with Gasteiger partial charge in [0.2, 0.25) is 23.6 Å². The maximum atomic E-state index is 13.1. The lowest BCUT2D eigenvalue weighted by atomic mass is 10.1. The minimum absolute atomic E-state index is 0.112. The number of thioether (sulfide) groups is 1. The van der Waals surface area contributed by atoms with Gasteiger partial charge in [-0.25, -0.2) is 4.79 Å². The Balaban J connectivity index is 2.92. The van der Waals surface area contributed by atoms with E-state index in [1.165, 1.54) is 16.7 Å². The molecule has 0 radical (unpaired) electrons. The van der Waals surface area contributed by atoms with Crippen LogP contribution in [0.25, 0.3) is 0 Å². The lowest BCUT2D eigenvalue weighted by Crippen LogP contribution is -2.57. The summed E-state index contributed by atoms with van der Waals surface area (Å²) < 4.78 is 0. The van der Waals surface area contributed by atoms with E-state index in [1.807, 2.05) is 6.26 Å². The van der Waals surface area contributed by atoms with E-state index in [-0.39, 0.29) is 12.3 Å². The molecule has 0 aliphatic carbocycles. The molecule has 1 heterocycles. The second kappa shape index (κ2) is 12.6. The Morgan fingerprint density at radius 1 is 1.23 bits per heavy atom. The molecule has 0 aromatic heterocycles. The minimum atomic E-state index is -1.48. The van der Waals surface area contributed by atoms with Crippen molar-refractivity contribution in [2.45, 2.75) is 49.9 Å². The maximum absolute atomic E-state index is 13.1. The largest absolute Gasteiger partial charge is 0.480 e. The van der Waals surface area contributed by atoms with Crippen LogP contribution in [0.15, 0.2) is 0 Å². The van der Waals surface area contributed by atoms with E-state index in [0.29, 0.717) is 25.0 Å². The summed E-state index contributed by atoms with van der Waals surface area (Å²) in [6.07, 6.45) is 2.52. The highest BCUT2D eigenvalue weighted by molar-refractivity contribution is 7.98. The first-order valence-electron chi connectivity index (χ1n) is 9.40. The quantitative estimate of drug-likeness (QED) is 0.178. The van der Waals surface area contributed by atoms with Gasteiger partial charge in [0, 0.05) is 12.3 Å². The predicted molar refractivity (Wildman–Crippen MR) is 115 cm³/mol. The molecule has 0 saturated carbocycles. The fourth-order valence-electron chi connectivity index (χ4n) is 3.03. The molecule has 4 unspecified atom stereocenters. The van der Waals surface area contributed by atoms with Crippen LogP contribution in [0.2, 0.25) is 0 Å². The average molecular weight is 464 g/mol. The highest BCUT2D eigenvalue weighted by Gasteiger charge is 2.39. The molecule has 0 aromatic rings. The van der Waals surface area contributed by atoms with Gasteiger partial charge in [-0.1, -0.05) is 0 Å². The predicted octanol–water partition coefficient (Wildman–Crippen LogP) is -2.08. The lowest BCUT2D eigenvalue weighted by molar-refractivity contribution is -0.145. The van der Waals surface area contributed by atoms with Crippen molar-refractivity contribution in [3.63, 3.8) is 0 Å². The smallest absolute Gasteiger partial charge is 0.326 e. The van der Waals surface area contributed by atoms with Crippen molar-refractivity contribution >= 4 is 54.0 Å². The second-order valence-corrected chi connectivity index (χ2v) is 8.24. The number of aliphatic carboxylic acids is 1. The van der Waals surface area contributed by atoms with Crippen molar-refractivity contribution in [1.82, 2.24) is 15.5 Å². The van der Waals surface area contributed by atoms with Gasteiger partial charge >= 0.3 is 5.97 Å². The van der Waals surface area contributed by atoms with E-state index in [0.717, 1.165) is 0 Å². The molecule has 0 aromatic carbocycles. The Morgan fingerprint density at radius 2 is 1.90 bits per heavy atom. The molecule has 30 heavy (non-hydrogen) atoms. The van der Waals surface area contributed by atoms with Crippen LogP contribution in [0.3, 0.4) is 0 Å². The van der Waals surface area contributed by atoms with Crippen LogP contribution in [-0.4, -0.2) is 88.1 Å². The topological polar surface area (TPSA) is 185 Å². The molecule has 11 nitrogen and oxygen atoms in total. The maximum Gasteiger partial charge on any atom is 0.326 e. The third-order valence-electron chi connectivity index (χ3n) is 4.62. The molecule has 13 heteroatoms. The number of carbonyl (C=O) groups is 5. The number of carboxylic acids is 1. The van der Waals surface area contributed by atoms with Crippen molar-refractivity contribution in [3.8, 4) is 0 Å². The Bertz CT molecular complexity index is 665.